The molecule has 0 fully saturated rings. The summed E-state index contributed by atoms with van der Waals surface area (Å²) < 4.78 is 94.6. The van der Waals surface area contributed by atoms with Gasteiger partial charge in [-0.25, -0.2) is 12.8 Å². The molecule has 2 aromatic carbocycles. The number of hydrogen-bond donors (Lipinski definition) is 1. The van der Waals surface area contributed by atoms with Gasteiger partial charge in [0.1, 0.15) is 5.82 Å². The number of ether oxygens (including phenoxy) is 3. The Morgan fingerprint density at radius 1 is 1.03 bits per heavy atom. The van der Waals surface area contributed by atoms with Crippen LogP contribution in [0.3, 0.4) is 0 Å². The van der Waals surface area contributed by atoms with Gasteiger partial charge in [-0.3, -0.25) is 9.52 Å². The standard InChI is InChI=1S/C18H17F4NO6S/c1-27-14-6-10(7-17(24)29-3)16(9-15(14)28-2)30(25,26)23-11-4-5-13(19)12(8-11)18(20,21)22/h4-6,8-9,23H,7H2,1-3H3. The van der Waals surface area contributed by atoms with Crippen LogP contribution in [0.15, 0.2) is 35.2 Å². The fourth-order valence-electron chi connectivity index (χ4n) is 2.53. The summed E-state index contributed by atoms with van der Waals surface area (Å²) in [5, 5.41) is 0. The first-order valence-electron chi connectivity index (χ1n) is 8.14. The highest BCUT2D eigenvalue weighted by Crippen LogP contribution is 2.36. The van der Waals surface area contributed by atoms with Gasteiger partial charge in [0, 0.05) is 11.8 Å². The van der Waals surface area contributed by atoms with Crippen LogP contribution in [0.1, 0.15) is 11.1 Å². The molecule has 0 saturated heterocycles. The molecule has 2 aromatic rings. The van der Waals surface area contributed by atoms with Crippen molar-refractivity contribution in [3.63, 3.8) is 0 Å². The Bertz CT molecular complexity index is 1050. The predicted octanol–water partition coefficient (Wildman–Crippen LogP) is 3.38. The molecular weight excluding hydrogens is 434 g/mol. The zero-order valence-corrected chi connectivity index (χ0v) is 16.8. The van der Waals surface area contributed by atoms with Crippen molar-refractivity contribution in [2.75, 3.05) is 26.1 Å². The second-order valence-electron chi connectivity index (χ2n) is 5.87. The number of rotatable bonds is 7. The summed E-state index contributed by atoms with van der Waals surface area (Å²) in [6.07, 6.45) is -5.49. The molecular formula is C18H17F4NO6S. The van der Waals surface area contributed by atoms with E-state index in [2.05, 4.69) is 4.74 Å². The van der Waals surface area contributed by atoms with Crippen molar-refractivity contribution in [2.24, 2.45) is 0 Å². The van der Waals surface area contributed by atoms with E-state index in [0.29, 0.717) is 12.1 Å². The number of sulfonamides is 1. The number of carbonyl (C=O) groups excluding carboxylic acids is 1. The number of anilines is 1. The second-order valence-corrected chi connectivity index (χ2v) is 7.52. The summed E-state index contributed by atoms with van der Waals surface area (Å²) in [6, 6.07) is 3.94. The molecule has 0 radical (unpaired) electrons. The molecule has 0 unspecified atom stereocenters. The molecule has 0 saturated carbocycles. The van der Waals surface area contributed by atoms with E-state index < -0.39 is 50.6 Å². The van der Waals surface area contributed by atoms with Gasteiger partial charge in [-0.05, 0) is 29.8 Å². The van der Waals surface area contributed by atoms with Crippen molar-refractivity contribution in [3.8, 4) is 11.5 Å². The van der Waals surface area contributed by atoms with Crippen LogP contribution in [0.4, 0.5) is 23.2 Å². The third kappa shape index (κ3) is 5.12. The first-order valence-corrected chi connectivity index (χ1v) is 9.62. The molecule has 0 heterocycles. The molecule has 0 aliphatic heterocycles. The van der Waals surface area contributed by atoms with Crippen molar-refractivity contribution in [1.29, 1.82) is 0 Å². The summed E-state index contributed by atoms with van der Waals surface area (Å²) in [5.41, 5.74) is -2.21. The van der Waals surface area contributed by atoms with Gasteiger partial charge in [0.2, 0.25) is 0 Å². The number of carbonyl (C=O) groups is 1. The van der Waals surface area contributed by atoms with Gasteiger partial charge in [0.15, 0.2) is 11.5 Å². The van der Waals surface area contributed by atoms with E-state index in [-0.39, 0.29) is 17.1 Å². The highest BCUT2D eigenvalue weighted by molar-refractivity contribution is 7.92. The van der Waals surface area contributed by atoms with Gasteiger partial charge in [-0.15, -0.1) is 0 Å². The average Bonchev–Trinajstić information content (AvgIpc) is 2.67. The van der Waals surface area contributed by atoms with E-state index in [9.17, 15) is 30.8 Å². The molecule has 0 aliphatic carbocycles. The largest absolute Gasteiger partial charge is 0.493 e. The Balaban J connectivity index is 2.57. The van der Waals surface area contributed by atoms with Gasteiger partial charge in [-0.1, -0.05) is 0 Å². The SMILES string of the molecule is COC(=O)Cc1cc(OC)c(OC)cc1S(=O)(=O)Nc1ccc(F)c(C(F)(F)F)c1. The molecule has 164 valence electrons. The first kappa shape index (κ1) is 23.3. The number of benzene rings is 2. The Labute approximate surface area is 169 Å². The highest BCUT2D eigenvalue weighted by atomic mass is 32.2. The summed E-state index contributed by atoms with van der Waals surface area (Å²) in [5.74, 6) is -2.19. The minimum absolute atomic E-state index is 0.00146. The third-order valence-corrected chi connectivity index (χ3v) is 5.41. The van der Waals surface area contributed by atoms with Crippen LogP contribution >= 0.6 is 0 Å². The van der Waals surface area contributed by atoms with E-state index in [1.807, 2.05) is 4.72 Å². The maximum Gasteiger partial charge on any atom is 0.419 e. The Morgan fingerprint density at radius 3 is 2.17 bits per heavy atom. The van der Waals surface area contributed by atoms with Crippen molar-refractivity contribution in [1.82, 2.24) is 0 Å². The van der Waals surface area contributed by atoms with E-state index in [1.54, 1.807) is 0 Å². The predicted molar refractivity (Wildman–Crippen MR) is 97.5 cm³/mol. The van der Waals surface area contributed by atoms with Gasteiger partial charge >= 0.3 is 12.1 Å². The minimum Gasteiger partial charge on any atom is -0.493 e. The number of alkyl halides is 3. The Hall–Kier alpha value is -3.02. The van der Waals surface area contributed by atoms with E-state index in [1.165, 1.54) is 20.3 Å². The molecule has 0 aliphatic rings. The Morgan fingerprint density at radius 2 is 1.63 bits per heavy atom. The number of esters is 1. The van der Waals surface area contributed by atoms with Crippen LogP contribution in [-0.2, 0) is 32.2 Å². The lowest BCUT2D eigenvalue weighted by molar-refractivity contribution is -0.140. The van der Waals surface area contributed by atoms with Gasteiger partial charge in [0.25, 0.3) is 10.0 Å². The van der Waals surface area contributed by atoms with Crippen molar-refractivity contribution >= 4 is 21.7 Å². The molecule has 2 rings (SSSR count). The maximum absolute atomic E-state index is 13.5. The van der Waals surface area contributed by atoms with E-state index in [0.717, 1.165) is 19.2 Å². The Kier molecular flexibility index (Phi) is 6.80. The zero-order chi connectivity index (χ0) is 22.7. The normalized spacial score (nSPS) is 11.7. The quantitative estimate of drug-likeness (QED) is 0.513. The van der Waals surface area contributed by atoms with Crippen molar-refractivity contribution < 1.29 is 45.0 Å². The summed E-state index contributed by atoms with van der Waals surface area (Å²) in [7, 11) is -0.867. The van der Waals surface area contributed by atoms with Crippen LogP contribution < -0.4 is 14.2 Å². The molecule has 0 bridgehead atoms. The summed E-state index contributed by atoms with van der Waals surface area (Å²) >= 11 is 0. The molecule has 0 spiro atoms. The lowest BCUT2D eigenvalue weighted by Crippen LogP contribution is -2.18. The number of nitrogens with one attached hydrogen (secondary N) is 1. The monoisotopic (exact) mass is 451 g/mol. The van der Waals surface area contributed by atoms with Crippen LogP contribution in [0.25, 0.3) is 0 Å². The molecule has 12 heteroatoms. The fraction of sp³-hybridized carbons (Fsp3) is 0.278. The third-order valence-electron chi connectivity index (χ3n) is 3.94. The summed E-state index contributed by atoms with van der Waals surface area (Å²) in [6.45, 7) is 0. The summed E-state index contributed by atoms with van der Waals surface area (Å²) in [4.78, 5) is 11.2. The van der Waals surface area contributed by atoms with Gasteiger partial charge < -0.3 is 14.2 Å². The van der Waals surface area contributed by atoms with Crippen LogP contribution in [-0.4, -0.2) is 35.7 Å². The maximum atomic E-state index is 13.5. The first-order chi connectivity index (χ1) is 13.9. The van der Waals surface area contributed by atoms with Gasteiger partial charge in [0.05, 0.1) is 38.2 Å². The lowest BCUT2D eigenvalue weighted by atomic mass is 10.1. The molecule has 0 aromatic heterocycles. The average molecular weight is 451 g/mol. The molecule has 7 nitrogen and oxygen atoms in total. The zero-order valence-electron chi connectivity index (χ0n) is 16.0. The molecule has 30 heavy (non-hydrogen) atoms. The highest BCUT2D eigenvalue weighted by Gasteiger charge is 2.34. The van der Waals surface area contributed by atoms with Crippen molar-refractivity contribution in [2.45, 2.75) is 17.5 Å². The molecule has 0 amide bonds. The smallest absolute Gasteiger partial charge is 0.419 e. The van der Waals surface area contributed by atoms with Crippen molar-refractivity contribution in [3.05, 3.63) is 47.3 Å². The van der Waals surface area contributed by atoms with Gasteiger partial charge in [-0.2, -0.15) is 13.2 Å². The minimum atomic E-state index is -5.02. The number of methoxy groups -OCH3 is 3. The second kappa shape index (κ2) is 8.78. The number of hydrogen-bond acceptors (Lipinski definition) is 6. The number of halogens is 4. The van der Waals surface area contributed by atoms with E-state index in [4.69, 9.17) is 9.47 Å². The fourth-order valence-corrected chi connectivity index (χ4v) is 3.82. The lowest BCUT2D eigenvalue weighted by Gasteiger charge is -2.16. The van der Waals surface area contributed by atoms with Crippen LogP contribution in [0, 0.1) is 5.82 Å². The molecule has 1 N–H and O–H groups in total. The van der Waals surface area contributed by atoms with Crippen LogP contribution in [0.2, 0.25) is 0 Å². The topological polar surface area (TPSA) is 90.9 Å². The van der Waals surface area contributed by atoms with E-state index >= 15 is 0 Å². The molecule has 0 atom stereocenters. The van der Waals surface area contributed by atoms with Crippen LogP contribution in [0.5, 0.6) is 11.5 Å².